The van der Waals surface area contributed by atoms with Gasteiger partial charge >= 0.3 is 0 Å². The number of anilines is 2. The highest BCUT2D eigenvalue weighted by Crippen LogP contribution is 2.38. The van der Waals surface area contributed by atoms with Gasteiger partial charge in [-0.25, -0.2) is 14.4 Å². The van der Waals surface area contributed by atoms with E-state index in [-0.39, 0.29) is 11.6 Å². The minimum atomic E-state index is -0.733. The molecule has 0 radical (unpaired) electrons. The molecular weight excluding hydrogens is 369 g/mol. The second kappa shape index (κ2) is 7.38. The van der Waals surface area contributed by atoms with Crippen LogP contribution in [0.25, 0.3) is 11.2 Å². The van der Waals surface area contributed by atoms with Crippen LogP contribution in [0.1, 0.15) is 64.8 Å². The first kappa shape index (κ1) is 19.0. The molecule has 7 nitrogen and oxygen atoms in total. The SMILES string of the molecule is CC1CC(F)CC(Nc2nc3cnc(NC4(C)CC4)nc3n2C2CCNCC2)C1. The molecule has 1 aliphatic heterocycles. The molecule has 29 heavy (non-hydrogen) atoms. The summed E-state index contributed by atoms with van der Waals surface area (Å²) in [7, 11) is 0. The van der Waals surface area contributed by atoms with Crippen LogP contribution < -0.4 is 16.0 Å². The van der Waals surface area contributed by atoms with E-state index in [0.29, 0.717) is 30.7 Å². The zero-order valence-corrected chi connectivity index (χ0v) is 17.4. The number of hydrogen-bond acceptors (Lipinski definition) is 6. The molecule has 2 aromatic rings. The molecule has 3 atom stereocenters. The van der Waals surface area contributed by atoms with Crippen LogP contribution in [0.2, 0.25) is 0 Å². The third-order valence-electron chi connectivity index (χ3n) is 6.74. The van der Waals surface area contributed by atoms with E-state index in [0.717, 1.165) is 62.3 Å². The van der Waals surface area contributed by atoms with E-state index in [4.69, 9.17) is 9.97 Å². The lowest BCUT2D eigenvalue weighted by molar-refractivity contribution is 0.196. The third kappa shape index (κ3) is 4.04. The maximum atomic E-state index is 14.2. The highest BCUT2D eigenvalue weighted by atomic mass is 19.1. The monoisotopic (exact) mass is 401 g/mol. The van der Waals surface area contributed by atoms with E-state index in [1.165, 1.54) is 0 Å². The van der Waals surface area contributed by atoms with Crippen molar-refractivity contribution in [1.29, 1.82) is 0 Å². The van der Waals surface area contributed by atoms with Gasteiger partial charge in [0.1, 0.15) is 11.7 Å². The normalized spacial score (nSPS) is 29.7. The Bertz CT molecular complexity index is 861. The molecule has 0 bridgehead atoms. The standard InChI is InChI=1S/C21H32FN7/c1-13-9-14(22)11-15(10-13)25-20-26-17-12-24-19(28-21(2)5-6-21)27-18(17)29(20)16-3-7-23-8-4-16/h12-16,23H,3-11H2,1-2H3,(H,25,26)(H,24,27,28). The molecule has 2 saturated carbocycles. The minimum absolute atomic E-state index is 0.113. The third-order valence-corrected chi connectivity index (χ3v) is 6.74. The number of rotatable bonds is 5. The fourth-order valence-corrected chi connectivity index (χ4v) is 4.87. The molecule has 5 rings (SSSR count). The predicted molar refractivity (Wildman–Crippen MR) is 113 cm³/mol. The molecule has 0 spiro atoms. The second-order valence-corrected chi connectivity index (χ2v) is 9.63. The number of halogens is 1. The molecule has 0 aromatic carbocycles. The number of fused-ring (bicyclic) bond motifs is 1. The van der Waals surface area contributed by atoms with Gasteiger partial charge < -0.3 is 16.0 Å². The maximum Gasteiger partial charge on any atom is 0.225 e. The van der Waals surface area contributed by atoms with Crippen molar-refractivity contribution < 1.29 is 4.39 Å². The van der Waals surface area contributed by atoms with Gasteiger partial charge in [-0.05, 0) is 70.9 Å². The maximum absolute atomic E-state index is 14.2. The number of alkyl halides is 1. The zero-order chi connectivity index (χ0) is 20.0. The van der Waals surface area contributed by atoms with Crippen LogP contribution >= 0.6 is 0 Å². The molecule has 2 aliphatic carbocycles. The fourth-order valence-electron chi connectivity index (χ4n) is 4.87. The Balaban J connectivity index is 1.49. The van der Waals surface area contributed by atoms with Crippen molar-refractivity contribution in [1.82, 2.24) is 24.8 Å². The second-order valence-electron chi connectivity index (χ2n) is 9.63. The van der Waals surface area contributed by atoms with Crippen molar-refractivity contribution in [2.45, 2.75) is 82.6 Å². The van der Waals surface area contributed by atoms with E-state index < -0.39 is 6.17 Å². The van der Waals surface area contributed by atoms with Gasteiger partial charge in [0.05, 0.1) is 6.20 Å². The zero-order valence-electron chi connectivity index (χ0n) is 17.4. The van der Waals surface area contributed by atoms with Crippen molar-refractivity contribution in [3.63, 3.8) is 0 Å². The molecule has 0 amide bonds. The van der Waals surface area contributed by atoms with Crippen molar-refractivity contribution >= 4 is 23.1 Å². The molecular formula is C21H32FN7. The van der Waals surface area contributed by atoms with E-state index in [1.807, 2.05) is 6.20 Å². The van der Waals surface area contributed by atoms with Crippen molar-refractivity contribution in [2.75, 3.05) is 23.7 Å². The highest BCUT2D eigenvalue weighted by Gasteiger charge is 2.38. The Labute approximate surface area is 171 Å². The van der Waals surface area contributed by atoms with Gasteiger partial charge in [0, 0.05) is 17.6 Å². The van der Waals surface area contributed by atoms with E-state index in [2.05, 4.69) is 39.3 Å². The molecule has 1 saturated heterocycles. The van der Waals surface area contributed by atoms with E-state index >= 15 is 0 Å². The Morgan fingerprint density at radius 1 is 1.17 bits per heavy atom. The first-order valence-corrected chi connectivity index (χ1v) is 11.1. The van der Waals surface area contributed by atoms with Gasteiger partial charge in [0.25, 0.3) is 0 Å². The quantitative estimate of drug-likeness (QED) is 0.710. The molecule has 158 valence electrons. The van der Waals surface area contributed by atoms with Gasteiger partial charge in [-0.2, -0.15) is 4.98 Å². The minimum Gasteiger partial charge on any atom is -0.353 e. The average molecular weight is 402 g/mol. The van der Waals surface area contributed by atoms with Crippen LogP contribution in [0.3, 0.4) is 0 Å². The Morgan fingerprint density at radius 2 is 1.97 bits per heavy atom. The number of nitrogens with one attached hydrogen (secondary N) is 3. The van der Waals surface area contributed by atoms with Gasteiger partial charge in [-0.3, -0.25) is 4.57 Å². The summed E-state index contributed by atoms with van der Waals surface area (Å²) in [4.78, 5) is 14.2. The van der Waals surface area contributed by atoms with Crippen LogP contribution in [0.15, 0.2) is 6.20 Å². The smallest absolute Gasteiger partial charge is 0.225 e. The first-order valence-electron chi connectivity index (χ1n) is 11.1. The van der Waals surface area contributed by atoms with Crippen LogP contribution in [0.4, 0.5) is 16.3 Å². The van der Waals surface area contributed by atoms with Crippen LogP contribution in [-0.2, 0) is 0 Å². The van der Waals surface area contributed by atoms with E-state index in [1.54, 1.807) is 0 Å². The lowest BCUT2D eigenvalue weighted by Gasteiger charge is -2.32. The molecule has 8 heteroatoms. The summed E-state index contributed by atoms with van der Waals surface area (Å²) >= 11 is 0. The van der Waals surface area contributed by atoms with Crippen molar-refractivity contribution in [3.05, 3.63) is 6.20 Å². The van der Waals surface area contributed by atoms with Crippen LogP contribution in [0.5, 0.6) is 0 Å². The van der Waals surface area contributed by atoms with Gasteiger partial charge in [-0.15, -0.1) is 0 Å². The number of imidazole rings is 1. The summed E-state index contributed by atoms with van der Waals surface area (Å²) in [6.45, 7) is 6.32. The molecule has 2 aromatic heterocycles. The van der Waals surface area contributed by atoms with Crippen LogP contribution in [0, 0.1) is 5.92 Å². The first-order chi connectivity index (χ1) is 14.0. The highest BCUT2D eigenvalue weighted by molar-refractivity contribution is 5.75. The topological polar surface area (TPSA) is 79.7 Å². The summed E-state index contributed by atoms with van der Waals surface area (Å²) in [6, 6.07) is 0.451. The van der Waals surface area contributed by atoms with Crippen molar-refractivity contribution in [3.8, 4) is 0 Å². The predicted octanol–water partition coefficient (Wildman–Crippen LogP) is 3.65. The summed E-state index contributed by atoms with van der Waals surface area (Å²) in [5.41, 5.74) is 1.81. The Morgan fingerprint density at radius 3 is 2.69 bits per heavy atom. The Kier molecular flexibility index (Phi) is 4.84. The number of hydrogen-bond donors (Lipinski definition) is 3. The molecule has 3 fully saturated rings. The number of piperidine rings is 1. The lowest BCUT2D eigenvalue weighted by atomic mass is 9.86. The molecule has 3 unspecified atom stereocenters. The fraction of sp³-hybridized carbons (Fsp3) is 0.762. The largest absolute Gasteiger partial charge is 0.353 e. The van der Waals surface area contributed by atoms with E-state index in [9.17, 15) is 4.39 Å². The van der Waals surface area contributed by atoms with Gasteiger partial charge in [0.2, 0.25) is 11.9 Å². The summed E-state index contributed by atoms with van der Waals surface area (Å²) < 4.78 is 16.4. The number of nitrogens with zero attached hydrogens (tertiary/aromatic N) is 4. The average Bonchev–Trinajstić information content (AvgIpc) is 3.29. The summed E-state index contributed by atoms with van der Waals surface area (Å²) in [6.07, 6.45) is 7.67. The van der Waals surface area contributed by atoms with Gasteiger partial charge in [-0.1, -0.05) is 6.92 Å². The van der Waals surface area contributed by atoms with Gasteiger partial charge in [0.15, 0.2) is 5.65 Å². The molecule has 3 heterocycles. The van der Waals surface area contributed by atoms with Crippen molar-refractivity contribution in [2.24, 2.45) is 5.92 Å². The summed E-state index contributed by atoms with van der Waals surface area (Å²) in [5, 5.41) is 10.5. The van der Waals surface area contributed by atoms with Crippen LogP contribution in [-0.4, -0.2) is 50.4 Å². The number of aromatic nitrogens is 4. The summed E-state index contributed by atoms with van der Waals surface area (Å²) in [5.74, 6) is 1.89. The molecule has 3 N–H and O–H groups in total. The molecule has 3 aliphatic rings. The lowest BCUT2D eigenvalue weighted by Crippen LogP contribution is -2.34. The Hall–Kier alpha value is -1.96.